The van der Waals surface area contributed by atoms with Crippen LogP contribution < -0.4 is 17.2 Å². The number of aliphatic hydroxyl groups is 4. The first kappa shape index (κ1) is 25.4. The van der Waals surface area contributed by atoms with Gasteiger partial charge in [0.1, 0.15) is 24.1 Å². The maximum atomic E-state index is 10.2. The minimum atomic E-state index is -1.64. The van der Waals surface area contributed by atoms with Crippen molar-refractivity contribution in [2.45, 2.75) is 29.7 Å². The predicted molar refractivity (Wildman–Crippen MR) is 86.6 cm³/mol. The summed E-state index contributed by atoms with van der Waals surface area (Å²) < 4.78 is 0. The number of aliphatic carboxylic acids is 1. The Morgan fingerprint density at radius 2 is 1.96 bits per heavy atom. The molecule has 0 aliphatic carbocycles. The largest absolute Gasteiger partial charge is 0.394 e. The summed E-state index contributed by atoms with van der Waals surface area (Å²) in [4.78, 5) is 35.4. The predicted octanol–water partition coefficient (Wildman–Crippen LogP) is -4.40. The molecule has 4 unspecified atom stereocenters. The molecule has 0 bridgehead atoms. The number of aldehydes is 1. The van der Waals surface area contributed by atoms with Crippen LogP contribution in [0.25, 0.3) is 0 Å². The summed E-state index contributed by atoms with van der Waals surface area (Å²) in [5.74, 6) is -0.622. The normalized spacial score (nSPS) is 14.5. The van der Waals surface area contributed by atoms with Crippen LogP contribution in [0.5, 0.6) is 0 Å². The number of hydrogen-bond donors (Lipinski definition) is 8. The Labute approximate surface area is 150 Å². The number of aromatic nitrogens is 2. The van der Waals surface area contributed by atoms with Gasteiger partial charge in [-0.05, 0) is 6.07 Å². The van der Waals surface area contributed by atoms with E-state index in [1.807, 2.05) is 0 Å². The fourth-order valence-corrected chi connectivity index (χ4v) is 1.17. The third kappa shape index (κ3) is 13.1. The zero-order valence-electron chi connectivity index (χ0n) is 12.9. The summed E-state index contributed by atoms with van der Waals surface area (Å²) >= 11 is 2.52. The van der Waals surface area contributed by atoms with Crippen molar-refractivity contribution in [2.75, 3.05) is 12.3 Å². The number of aliphatic hydroxyl groups excluding tert-OH is 4. The fourth-order valence-electron chi connectivity index (χ4n) is 0.870. The number of carboxylic acids is 1. The molecular formula is C12H21N4O8Se. The SMILES string of the molecule is NC(C[Se])C(=O)O.Nc1ccnc(=O)[nH]1.O=CC(O)C(O)C(O)CO. The smallest absolute Gasteiger partial charge is 0.346 e. The summed E-state index contributed by atoms with van der Waals surface area (Å²) in [7, 11) is 0. The van der Waals surface area contributed by atoms with E-state index in [4.69, 9.17) is 37.0 Å². The number of carboxylic acid groups (broad SMARTS) is 1. The van der Waals surface area contributed by atoms with Gasteiger partial charge in [0.2, 0.25) is 0 Å². The van der Waals surface area contributed by atoms with Crippen LogP contribution in [-0.2, 0) is 9.59 Å². The minimum absolute atomic E-state index is 0.0869. The van der Waals surface area contributed by atoms with Crippen molar-refractivity contribution >= 4 is 34.1 Å². The molecular weight excluding hydrogens is 407 g/mol. The summed E-state index contributed by atoms with van der Waals surface area (Å²) in [5, 5.41) is 42.5. The van der Waals surface area contributed by atoms with Gasteiger partial charge in [0.15, 0.2) is 6.29 Å². The van der Waals surface area contributed by atoms with E-state index in [0.29, 0.717) is 11.1 Å². The average Bonchev–Trinajstić information content (AvgIpc) is 2.59. The van der Waals surface area contributed by atoms with Gasteiger partial charge in [-0.1, -0.05) is 0 Å². The summed E-state index contributed by atoms with van der Waals surface area (Å²) in [6.07, 6.45) is -3.28. The van der Waals surface area contributed by atoms with Crippen molar-refractivity contribution in [3.63, 3.8) is 0 Å². The van der Waals surface area contributed by atoms with Gasteiger partial charge in [-0.2, -0.15) is 0 Å². The molecule has 0 spiro atoms. The Bertz CT molecular complexity index is 558. The Balaban J connectivity index is 0. The maximum Gasteiger partial charge on any atom is 0.346 e. The van der Waals surface area contributed by atoms with Crippen LogP contribution in [0.2, 0.25) is 5.32 Å². The van der Waals surface area contributed by atoms with Crippen molar-refractivity contribution in [1.29, 1.82) is 0 Å². The number of carbonyl (C=O) groups excluding carboxylic acids is 1. The van der Waals surface area contributed by atoms with Gasteiger partial charge in [0.25, 0.3) is 0 Å². The third-order valence-electron chi connectivity index (χ3n) is 2.26. The van der Waals surface area contributed by atoms with Crippen molar-refractivity contribution in [3.05, 3.63) is 22.7 Å². The fraction of sp³-hybridized carbons (Fsp3) is 0.500. The van der Waals surface area contributed by atoms with Crippen molar-refractivity contribution in [3.8, 4) is 0 Å². The number of carbonyl (C=O) groups is 2. The molecule has 13 heteroatoms. The number of nitrogen functional groups attached to an aromatic ring is 1. The summed E-state index contributed by atoms with van der Waals surface area (Å²) in [5.41, 5.74) is 9.74. The molecule has 1 aromatic rings. The summed E-state index contributed by atoms with van der Waals surface area (Å²) in [6.45, 7) is -0.688. The molecule has 0 amide bonds. The van der Waals surface area contributed by atoms with Crippen LogP contribution in [-0.4, -0.2) is 94.7 Å². The van der Waals surface area contributed by atoms with E-state index in [9.17, 15) is 14.4 Å². The number of H-pyrrole nitrogens is 1. The zero-order chi connectivity index (χ0) is 20.0. The second kappa shape index (κ2) is 14.5. The van der Waals surface area contributed by atoms with Gasteiger partial charge >= 0.3 is 54.7 Å². The van der Waals surface area contributed by atoms with Crippen LogP contribution in [0.4, 0.5) is 5.82 Å². The first-order valence-electron chi connectivity index (χ1n) is 6.58. The van der Waals surface area contributed by atoms with Crippen LogP contribution >= 0.6 is 0 Å². The standard InChI is InChI=1S/C5H10O5.C4H5N3O.C3H6NO2Se/c6-1-3(8)5(10)4(9)2-7;5-3-1-2-6-4(8)7-3;4-2(1-7)3(5)6/h1,3-5,7-10H,2H2;1-2H,(H3,5,6,7,8);2H,1,4H2,(H,5,6). The molecule has 25 heavy (non-hydrogen) atoms. The van der Waals surface area contributed by atoms with E-state index in [0.717, 1.165) is 0 Å². The quantitative estimate of drug-likeness (QED) is 0.159. The molecule has 1 rings (SSSR count). The number of anilines is 1. The monoisotopic (exact) mass is 429 g/mol. The number of rotatable bonds is 6. The Morgan fingerprint density at radius 1 is 1.40 bits per heavy atom. The second-order valence-electron chi connectivity index (χ2n) is 4.31. The van der Waals surface area contributed by atoms with Crippen molar-refractivity contribution < 1.29 is 35.1 Å². The van der Waals surface area contributed by atoms with Gasteiger partial charge in [-0.3, -0.25) is 4.98 Å². The van der Waals surface area contributed by atoms with Gasteiger partial charge in [0.05, 0.1) is 6.61 Å². The number of nitrogens with one attached hydrogen (secondary N) is 1. The van der Waals surface area contributed by atoms with E-state index in [-0.39, 0.29) is 6.29 Å². The van der Waals surface area contributed by atoms with Gasteiger partial charge in [0, 0.05) is 6.20 Å². The first-order valence-corrected chi connectivity index (χ1v) is 7.79. The summed E-state index contributed by atoms with van der Waals surface area (Å²) in [6, 6.07) is 0.779. The molecule has 4 atom stereocenters. The molecule has 1 aromatic heterocycles. The molecule has 10 N–H and O–H groups in total. The van der Waals surface area contributed by atoms with Crippen LogP contribution in [0.1, 0.15) is 0 Å². The third-order valence-corrected chi connectivity index (χ3v) is 3.02. The van der Waals surface area contributed by atoms with Crippen LogP contribution in [0.3, 0.4) is 0 Å². The van der Waals surface area contributed by atoms with Crippen molar-refractivity contribution in [1.82, 2.24) is 9.97 Å². The van der Waals surface area contributed by atoms with Gasteiger partial charge in [-0.15, -0.1) is 0 Å². The molecule has 0 aliphatic heterocycles. The van der Waals surface area contributed by atoms with Gasteiger partial charge < -0.3 is 31.0 Å². The second-order valence-corrected chi connectivity index (χ2v) is 5.01. The molecule has 0 saturated heterocycles. The van der Waals surface area contributed by atoms with E-state index >= 15 is 0 Å². The number of hydrogen-bond acceptors (Lipinski definition) is 10. The molecule has 0 fully saturated rings. The number of nitrogens with zero attached hydrogens (tertiary/aromatic N) is 1. The van der Waals surface area contributed by atoms with E-state index < -0.39 is 42.6 Å². The Hall–Kier alpha value is -1.86. The minimum Gasteiger partial charge on any atom is -0.394 e. The molecule has 1 radical (unpaired) electrons. The van der Waals surface area contributed by atoms with Crippen LogP contribution in [0, 0.1) is 0 Å². The Morgan fingerprint density at radius 3 is 2.20 bits per heavy atom. The number of aromatic amines is 1. The zero-order valence-corrected chi connectivity index (χ0v) is 14.6. The molecule has 0 saturated carbocycles. The molecule has 0 aromatic carbocycles. The van der Waals surface area contributed by atoms with E-state index in [1.54, 1.807) is 0 Å². The average molecular weight is 428 g/mol. The maximum absolute atomic E-state index is 10.2. The Kier molecular flexibility index (Phi) is 14.7. The molecule has 1 heterocycles. The van der Waals surface area contributed by atoms with E-state index in [1.165, 1.54) is 12.3 Å². The molecule has 12 nitrogen and oxygen atoms in total. The molecule has 143 valence electrons. The van der Waals surface area contributed by atoms with Crippen molar-refractivity contribution in [2.24, 2.45) is 5.73 Å². The van der Waals surface area contributed by atoms with Gasteiger partial charge in [-0.25, -0.2) is 9.78 Å². The number of nitrogens with two attached hydrogens (primary N) is 2. The molecule has 0 aliphatic rings. The van der Waals surface area contributed by atoms with E-state index in [2.05, 4.69) is 26.0 Å². The van der Waals surface area contributed by atoms with Crippen LogP contribution in [0.15, 0.2) is 17.1 Å². The first-order chi connectivity index (χ1) is 11.6. The topological polar surface area (TPSA) is 233 Å².